The number of hydrogen-bond acceptors (Lipinski definition) is 6. The van der Waals surface area contributed by atoms with Gasteiger partial charge in [-0.05, 0) is 49.1 Å². The average Bonchev–Trinajstić information content (AvgIpc) is 2.85. The van der Waals surface area contributed by atoms with Gasteiger partial charge in [0.05, 0.1) is 11.2 Å². The number of aromatic amines is 1. The summed E-state index contributed by atoms with van der Waals surface area (Å²) in [6, 6.07) is 8.24. The van der Waals surface area contributed by atoms with Crippen molar-refractivity contribution in [1.82, 2.24) is 14.9 Å². The number of anilines is 2. The van der Waals surface area contributed by atoms with E-state index in [4.69, 9.17) is 4.79 Å². The van der Waals surface area contributed by atoms with Crippen LogP contribution in [0.4, 0.5) is 24.7 Å². The molecule has 0 radical (unpaired) electrons. The van der Waals surface area contributed by atoms with Gasteiger partial charge in [-0.3, -0.25) is 9.69 Å². The Labute approximate surface area is 201 Å². The first-order valence-electron chi connectivity index (χ1n) is 11.5. The van der Waals surface area contributed by atoms with E-state index >= 15 is 0 Å². The largest absolute Gasteiger partial charge is 0.433 e. The molecule has 2 aliphatic rings. The first-order chi connectivity index (χ1) is 16.8. The number of hydrogen-bond donors (Lipinski definition) is 2. The van der Waals surface area contributed by atoms with Crippen molar-refractivity contribution in [1.29, 1.82) is 0 Å². The number of halogens is 3. The number of nitrogens with zero attached hydrogens (tertiary/aromatic N) is 3. The number of fused-ring (bicyclic) bond motifs is 3. The first-order valence-corrected chi connectivity index (χ1v) is 11.5. The van der Waals surface area contributed by atoms with Gasteiger partial charge < -0.3 is 20.0 Å². The van der Waals surface area contributed by atoms with E-state index in [1.54, 1.807) is 6.07 Å². The van der Waals surface area contributed by atoms with Gasteiger partial charge in [0.25, 0.3) is 5.56 Å². The average molecular weight is 488 g/mol. The van der Waals surface area contributed by atoms with E-state index in [2.05, 4.69) is 33.2 Å². The van der Waals surface area contributed by atoms with Crippen LogP contribution in [0.15, 0.2) is 35.1 Å². The van der Waals surface area contributed by atoms with Gasteiger partial charge in [0.1, 0.15) is 18.3 Å². The van der Waals surface area contributed by atoms with Gasteiger partial charge in [0.15, 0.2) is 0 Å². The van der Waals surface area contributed by atoms with E-state index in [0.29, 0.717) is 25.5 Å². The van der Waals surface area contributed by atoms with Gasteiger partial charge in [-0.1, -0.05) is 12.1 Å². The second-order valence-corrected chi connectivity index (χ2v) is 8.82. The number of aryl methyl sites for hydroxylation is 1. The lowest BCUT2D eigenvalue weighted by Crippen LogP contribution is -2.46. The molecule has 0 aliphatic carbocycles. The predicted molar refractivity (Wildman–Crippen MR) is 130 cm³/mol. The van der Waals surface area contributed by atoms with Gasteiger partial charge in [-0.2, -0.15) is 13.2 Å². The van der Waals surface area contributed by atoms with Gasteiger partial charge in [0, 0.05) is 50.2 Å². The number of carbonyl (C=O) groups is 1. The molecule has 7 nitrogen and oxygen atoms in total. The van der Waals surface area contributed by atoms with Crippen LogP contribution in [0.1, 0.15) is 28.8 Å². The smallest absolute Gasteiger partial charge is 0.384 e. The van der Waals surface area contributed by atoms with Crippen molar-refractivity contribution in [3.05, 3.63) is 63.1 Å². The van der Waals surface area contributed by atoms with Crippen LogP contribution in [0.2, 0.25) is 0 Å². The van der Waals surface area contributed by atoms with E-state index in [1.807, 2.05) is 17.8 Å². The number of carbonyl (C=O) groups excluding carboxylic acids is 1. The number of alkyl halides is 3. The topological polar surface area (TPSA) is 81.3 Å². The van der Waals surface area contributed by atoms with Crippen molar-refractivity contribution >= 4 is 29.2 Å². The summed E-state index contributed by atoms with van der Waals surface area (Å²) in [6.07, 6.45) is -2.69. The monoisotopic (exact) mass is 487 g/mol. The van der Waals surface area contributed by atoms with Crippen LogP contribution in [-0.4, -0.2) is 54.4 Å². The molecule has 2 N–H and O–H groups in total. The van der Waals surface area contributed by atoms with Crippen LogP contribution in [0.3, 0.4) is 0 Å². The Morgan fingerprint density at radius 2 is 1.86 bits per heavy atom. The second kappa shape index (κ2) is 10.1. The minimum atomic E-state index is -4.44. The fourth-order valence-corrected chi connectivity index (χ4v) is 4.91. The molecule has 0 atom stereocenters. The Kier molecular flexibility index (Phi) is 7.11. The molecule has 3 aromatic rings. The summed E-state index contributed by atoms with van der Waals surface area (Å²) >= 11 is 0. The van der Waals surface area contributed by atoms with Crippen molar-refractivity contribution < 1.29 is 18.0 Å². The summed E-state index contributed by atoms with van der Waals surface area (Å²) in [5.74, 6) is 0.362. The molecule has 2 aromatic heterocycles. The summed E-state index contributed by atoms with van der Waals surface area (Å²) in [7, 11) is 0. The molecule has 186 valence electrons. The third kappa shape index (κ3) is 5.17. The lowest BCUT2D eigenvalue weighted by atomic mass is 9.97. The fourth-order valence-electron chi connectivity index (χ4n) is 4.91. The minimum absolute atomic E-state index is 0.0246. The molecular formula is C25H28F3N5O2. The molecule has 1 saturated heterocycles. The predicted octanol–water partition coefficient (Wildman–Crippen LogP) is 3.75. The molecule has 5 rings (SSSR count). The maximum absolute atomic E-state index is 13.0. The van der Waals surface area contributed by atoms with Crippen molar-refractivity contribution in [2.24, 2.45) is 0 Å². The molecular weight excluding hydrogens is 459 g/mol. The molecule has 0 spiro atoms. The normalized spacial score (nSPS) is 16.3. The Hall–Kier alpha value is -3.40. The van der Waals surface area contributed by atoms with Crippen LogP contribution in [0.25, 0.3) is 10.9 Å². The van der Waals surface area contributed by atoms with Crippen LogP contribution in [0.5, 0.6) is 0 Å². The molecule has 1 aromatic carbocycles. The molecule has 10 heteroatoms. The van der Waals surface area contributed by atoms with E-state index < -0.39 is 11.9 Å². The van der Waals surface area contributed by atoms with E-state index in [1.165, 1.54) is 6.07 Å². The van der Waals surface area contributed by atoms with Crippen molar-refractivity contribution in [2.45, 2.75) is 32.5 Å². The van der Waals surface area contributed by atoms with Gasteiger partial charge >= 0.3 is 6.18 Å². The molecule has 0 amide bonds. The van der Waals surface area contributed by atoms with Gasteiger partial charge in [-0.25, -0.2) is 4.98 Å². The van der Waals surface area contributed by atoms with Crippen molar-refractivity contribution in [3.8, 4) is 0 Å². The minimum Gasteiger partial charge on any atom is -0.384 e. The standard InChI is InChI=1S/C24H26F3N5O.CH2O/c1-15-12-16(13-18-21(15)22-17(23(33)29-18)4-3-7-28-22)14-31-8-10-32(11-9-31)20-6-2-5-19(30-20)24(25,26)27;1-2/h2,5-6,12-13,28H,3-4,7-11,14H2,1H3,(H,29,33);1H2. The molecule has 2 aliphatic heterocycles. The summed E-state index contributed by atoms with van der Waals surface area (Å²) in [5, 5.41) is 4.49. The zero-order chi connectivity index (χ0) is 25.2. The number of aromatic nitrogens is 2. The molecule has 0 bridgehead atoms. The summed E-state index contributed by atoms with van der Waals surface area (Å²) in [5.41, 5.74) is 3.99. The summed E-state index contributed by atoms with van der Waals surface area (Å²) < 4.78 is 39.0. The molecule has 0 unspecified atom stereocenters. The number of rotatable bonds is 3. The number of H-pyrrole nitrogens is 1. The van der Waals surface area contributed by atoms with Crippen LogP contribution >= 0.6 is 0 Å². The van der Waals surface area contributed by atoms with E-state index in [9.17, 15) is 18.0 Å². The Morgan fingerprint density at radius 3 is 2.57 bits per heavy atom. The van der Waals surface area contributed by atoms with Crippen molar-refractivity contribution in [3.63, 3.8) is 0 Å². The van der Waals surface area contributed by atoms with E-state index in [0.717, 1.165) is 71.8 Å². The third-order valence-electron chi connectivity index (χ3n) is 6.50. The Morgan fingerprint density at radius 1 is 1.11 bits per heavy atom. The van der Waals surface area contributed by atoms with E-state index in [-0.39, 0.29) is 5.56 Å². The third-order valence-corrected chi connectivity index (χ3v) is 6.50. The van der Waals surface area contributed by atoms with Crippen LogP contribution in [0, 0.1) is 6.92 Å². The summed E-state index contributed by atoms with van der Waals surface area (Å²) in [4.78, 5) is 31.6. The number of piperazine rings is 1. The number of nitrogens with one attached hydrogen (secondary N) is 2. The second-order valence-electron chi connectivity index (χ2n) is 8.82. The highest BCUT2D eigenvalue weighted by Crippen LogP contribution is 2.32. The zero-order valence-corrected chi connectivity index (χ0v) is 19.5. The quantitative estimate of drug-likeness (QED) is 0.586. The summed E-state index contributed by atoms with van der Waals surface area (Å²) in [6.45, 7) is 8.31. The molecule has 35 heavy (non-hydrogen) atoms. The fraction of sp³-hybridized carbons (Fsp3) is 0.400. The maximum Gasteiger partial charge on any atom is 0.433 e. The SMILES string of the molecule is C=O.Cc1cc(CN2CCN(c3cccc(C(F)(F)F)n3)CC2)cc2[nH]c(=O)c3c(c12)NCCC3. The first kappa shape index (κ1) is 24.7. The number of pyridine rings is 2. The lowest BCUT2D eigenvalue weighted by Gasteiger charge is -2.35. The van der Waals surface area contributed by atoms with Crippen LogP contribution < -0.4 is 15.8 Å². The highest BCUT2D eigenvalue weighted by atomic mass is 19.4. The Bertz CT molecular complexity index is 1270. The van der Waals surface area contributed by atoms with Crippen molar-refractivity contribution in [2.75, 3.05) is 42.9 Å². The highest BCUT2D eigenvalue weighted by molar-refractivity contribution is 5.96. The molecule has 0 saturated carbocycles. The zero-order valence-electron chi connectivity index (χ0n) is 19.5. The highest BCUT2D eigenvalue weighted by Gasteiger charge is 2.33. The Balaban J connectivity index is 0.00000141. The maximum atomic E-state index is 13.0. The lowest BCUT2D eigenvalue weighted by molar-refractivity contribution is -0.141. The van der Waals surface area contributed by atoms with Crippen LogP contribution in [-0.2, 0) is 23.9 Å². The number of benzene rings is 1. The van der Waals surface area contributed by atoms with Gasteiger partial charge in [0.2, 0.25) is 0 Å². The molecule has 1 fully saturated rings. The molecule has 4 heterocycles. The van der Waals surface area contributed by atoms with Gasteiger partial charge in [-0.15, -0.1) is 0 Å².